The third kappa shape index (κ3) is 5.64. The lowest BCUT2D eigenvalue weighted by atomic mass is 10.2. The Labute approximate surface area is 188 Å². The van der Waals surface area contributed by atoms with E-state index in [0.29, 0.717) is 40.4 Å². The zero-order valence-corrected chi connectivity index (χ0v) is 18.1. The monoisotopic (exact) mass is 452 g/mol. The first-order chi connectivity index (χ1) is 15.9. The minimum absolute atomic E-state index is 0.0221. The average molecular weight is 452 g/mol. The largest absolute Gasteiger partial charge is 0.492 e. The highest BCUT2D eigenvalue weighted by molar-refractivity contribution is 6.08. The van der Waals surface area contributed by atoms with E-state index in [0.717, 1.165) is 24.7 Å². The van der Waals surface area contributed by atoms with Gasteiger partial charge in [0.1, 0.15) is 35.5 Å². The van der Waals surface area contributed by atoms with Crippen LogP contribution in [0.1, 0.15) is 10.4 Å². The Morgan fingerprint density at radius 3 is 2.36 bits per heavy atom. The van der Waals surface area contributed by atoms with Gasteiger partial charge in [-0.15, -0.1) is 0 Å². The van der Waals surface area contributed by atoms with Crippen molar-refractivity contribution in [3.8, 4) is 17.2 Å². The first kappa shape index (κ1) is 22.2. The number of H-pyrrole nitrogens is 1. The van der Waals surface area contributed by atoms with Gasteiger partial charge in [0.2, 0.25) is 0 Å². The van der Waals surface area contributed by atoms with Gasteiger partial charge in [-0.1, -0.05) is 0 Å². The summed E-state index contributed by atoms with van der Waals surface area (Å²) < 4.78 is 38.1. The molecule has 0 saturated heterocycles. The van der Waals surface area contributed by atoms with Gasteiger partial charge in [-0.3, -0.25) is 9.89 Å². The summed E-state index contributed by atoms with van der Waals surface area (Å²) in [4.78, 5) is 14.7. The number of aromatic nitrogens is 2. The maximum absolute atomic E-state index is 13.4. The zero-order chi connectivity index (χ0) is 23.4. The molecule has 7 nitrogen and oxygen atoms in total. The van der Waals surface area contributed by atoms with Crippen molar-refractivity contribution < 1.29 is 23.0 Å². The maximum Gasteiger partial charge on any atom is 0.256 e. The molecule has 0 aliphatic heterocycles. The van der Waals surface area contributed by atoms with Gasteiger partial charge in [0.05, 0.1) is 5.52 Å². The molecule has 170 valence electrons. The Morgan fingerprint density at radius 1 is 0.970 bits per heavy atom. The molecule has 33 heavy (non-hydrogen) atoms. The number of halogens is 2. The Kier molecular flexibility index (Phi) is 6.50. The highest BCUT2D eigenvalue weighted by Gasteiger charge is 2.13. The number of hydrogen-bond donors (Lipinski definition) is 2. The van der Waals surface area contributed by atoms with Gasteiger partial charge in [0, 0.05) is 35.7 Å². The molecule has 1 heterocycles. The molecule has 0 saturated carbocycles. The van der Waals surface area contributed by atoms with Crippen molar-refractivity contribution in [3.63, 3.8) is 0 Å². The van der Waals surface area contributed by atoms with Crippen molar-refractivity contribution in [2.75, 3.05) is 32.6 Å². The molecule has 0 unspecified atom stereocenters. The van der Waals surface area contributed by atoms with Gasteiger partial charge in [-0.05, 0) is 56.6 Å². The van der Waals surface area contributed by atoms with Crippen molar-refractivity contribution in [3.05, 3.63) is 77.9 Å². The number of amides is 1. The van der Waals surface area contributed by atoms with Crippen molar-refractivity contribution in [1.29, 1.82) is 0 Å². The van der Waals surface area contributed by atoms with Crippen molar-refractivity contribution >= 4 is 22.6 Å². The normalized spacial score (nSPS) is 11.1. The molecule has 4 rings (SSSR count). The van der Waals surface area contributed by atoms with E-state index in [1.807, 2.05) is 19.0 Å². The Hall–Kier alpha value is -3.98. The third-order valence-electron chi connectivity index (χ3n) is 4.76. The smallest absolute Gasteiger partial charge is 0.256 e. The second-order valence-corrected chi connectivity index (χ2v) is 7.62. The van der Waals surface area contributed by atoms with Crippen LogP contribution in [0.4, 0.5) is 14.6 Å². The molecule has 0 aliphatic rings. The van der Waals surface area contributed by atoms with Gasteiger partial charge in [-0.2, -0.15) is 5.10 Å². The lowest BCUT2D eigenvalue weighted by molar-refractivity contribution is 0.102. The van der Waals surface area contributed by atoms with Crippen LogP contribution in [0.15, 0.2) is 60.7 Å². The topological polar surface area (TPSA) is 79.5 Å². The molecule has 1 amide bonds. The maximum atomic E-state index is 13.4. The van der Waals surface area contributed by atoms with E-state index in [-0.39, 0.29) is 11.7 Å². The van der Waals surface area contributed by atoms with Crippen molar-refractivity contribution in [1.82, 2.24) is 15.1 Å². The second kappa shape index (κ2) is 9.66. The molecule has 0 radical (unpaired) electrons. The van der Waals surface area contributed by atoms with Crippen LogP contribution in [-0.2, 0) is 0 Å². The Morgan fingerprint density at radius 2 is 1.67 bits per heavy atom. The summed E-state index contributed by atoms with van der Waals surface area (Å²) in [6.45, 7) is 1.33. The minimum atomic E-state index is -0.739. The number of aromatic amines is 1. The summed E-state index contributed by atoms with van der Waals surface area (Å²) in [7, 11) is 3.93. The average Bonchev–Trinajstić information content (AvgIpc) is 3.15. The van der Waals surface area contributed by atoms with Crippen LogP contribution in [0, 0.1) is 11.6 Å². The number of nitrogens with zero attached hydrogens (tertiary/aromatic N) is 2. The van der Waals surface area contributed by atoms with Crippen LogP contribution in [-0.4, -0.2) is 48.3 Å². The lowest BCUT2D eigenvalue weighted by Gasteiger charge is -2.11. The highest BCUT2D eigenvalue weighted by Crippen LogP contribution is 2.29. The van der Waals surface area contributed by atoms with Gasteiger partial charge < -0.3 is 19.7 Å². The Bertz CT molecular complexity index is 1250. The van der Waals surface area contributed by atoms with Gasteiger partial charge >= 0.3 is 0 Å². The summed E-state index contributed by atoms with van der Waals surface area (Å²) in [5, 5.41) is 10.3. The first-order valence-corrected chi connectivity index (χ1v) is 10.2. The predicted molar refractivity (Wildman–Crippen MR) is 121 cm³/mol. The van der Waals surface area contributed by atoms with E-state index in [1.165, 1.54) is 0 Å². The molecule has 0 atom stereocenters. The molecule has 0 aliphatic carbocycles. The van der Waals surface area contributed by atoms with Crippen LogP contribution in [0.5, 0.6) is 17.2 Å². The van der Waals surface area contributed by atoms with Crippen LogP contribution in [0.25, 0.3) is 10.9 Å². The number of anilines is 1. The number of fused-ring (bicyclic) bond motifs is 1. The fraction of sp³-hybridized carbons (Fsp3) is 0.167. The molecular formula is C24H22F2N4O3. The summed E-state index contributed by atoms with van der Waals surface area (Å²) in [6.07, 6.45) is 0. The number of benzene rings is 3. The van der Waals surface area contributed by atoms with Crippen LogP contribution in [0.3, 0.4) is 0 Å². The summed E-state index contributed by atoms with van der Waals surface area (Å²) in [5.74, 6) is -0.487. The SMILES string of the molecule is CN(C)CCOc1ccc(C(=O)Nc2n[nH]c3ccc(Oc4cc(F)cc(F)c4)cc23)cc1. The zero-order valence-electron chi connectivity index (χ0n) is 18.1. The molecule has 0 spiro atoms. The van der Waals surface area contributed by atoms with Gasteiger partial charge in [0.15, 0.2) is 5.82 Å². The molecule has 0 bridgehead atoms. The minimum Gasteiger partial charge on any atom is -0.492 e. The number of carbonyl (C=O) groups excluding carboxylic acids is 1. The number of nitrogens with one attached hydrogen (secondary N) is 2. The molecule has 3 aromatic carbocycles. The van der Waals surface area contributed by atoms with Crippen LogP contribution < -0.4 is 14.8 Å². The highest BCUT2D eigenvalue weighted by atomic mass is 19.1. The standard InChI is InChI=1S/C24H22F2N4O3/c1-30(2)9-10-32-18-5-3-15(4-6-18)24(31)27-23-21-14-19(7-8-22(21)28-29-23)33-20-12-16(25)11-17(26)13-20/h3-8,11-14H,9-10H2,1-2H3,(H2,27,28,29,31). The summed E-state index contributed by atoms with van der Waals surface area (Å²) in [5.41, 5.74) is 1.10. The quantitative estimate of drug-likeness (QED) is 0.401. The van der Waals surface area contributed by atoms with E-state index in [9.17, 15) is 13.6 Å². The molecule has 2 N–H and O–H groups in total. The number of carbonyl (C=O) groups is 1. The van der Waals surface area contributed by atoms with E-state index in [4.69, 9.17) is 9.47 Å². The van der Waals surface area contributed by atoms with Crippen molar-refractivity contribution in [2.24, 2.45) is 0 Å². The Balaban J connectivity index is 1.47. The number of rotatable bonds is 8. The van der Waals surface area contributed by atoms with E-state index >= 15 is 0 Å². The lowest BCUT2D eigenvalue weighted by Crippen LogP contribution is -2.19. The molecule has 9 heteroatoms. The third-order valence-corrected chi connectivity index (χ3v) is 4.76. The number of hydrogen-bond acceptors (Lipinski definition) is 5. The molecule has 0 fully saturated rings. The predicted octanol–water partition coefficient (Wildman–Crippen LogP) is 4.83. The number of likely N-dealkylation sites (N-methyl/N-ethyl adjacent to an activating group) is 1. The van der Waals surface area contributed by atoms with Crippen molar-refractivity contribution in [2.45, 2.75) is 0 Å². The molecule has 4 aromatic rings. The fourth-order valence-corrected chi connectivity index (χ4v) is 3.10. The van der Waals surface area contributed by atoms with E-state index < -0.39 is 11.6 Å². The van der Waals surface area contributed by atoms with Gasteiger partial charge in [-0.25, -0.2) is 8.78 Å². The number of ether oxygens (including phenoxy) is 2. The van der Waals surface area contributed by atoms with Gasteiger partial charge in [0.25, 0.3) is 5.91 Å². The first-order valence-electron chi connectivity index (χ1n) is 10.2. The summed E-state index contributed by atoms with van der Waals surface area (Å²) >= 11 is 0. The van der Waals surface area contributed by atoms with E-state index in [1.54, 1.807) is 42.5 Å². The molecular weight excluding hydrogens is 430 g/mol. The summed E-state index contributed by atoms with van der Waals surface area (Å²) in [6, 6.07) is 14.7. The van der Waals surface area contributed by atoms with Crippen LogP contribution in [0.2, 0.25) is 0 Å². The fourth-order valence-electron chi connectivity index (χ4n) is 3.10. The van der Waals surface area contributed by atoms with E-state index in [2.05, 4.69) is 15.5 Å². The molecule has 1 aromatic heterocycles. The second-order valence-electron chi connectivity index (χ2n) is 7.62. The van der Waals surface area contributed by atoms with Crippen LogP contribution >= 0.6 is 0 Å².